The smallest absolute Gasteiger partial charge is 0.129 e. The summed E-state index contributed by atoms with van der Waals surface area (Å²) in [7, 11) is 0. The number of anilines is 1. The Kier molecular flexibility index (Phi) is 5.56. The molecule has 1 heterocycles. The maximum absolute atomic E-state index is 9.95. The van der Waals surface area contributed by atoms with Crippen molar-refractivity contribution in [3.63, 3.8) is 0 Å². The quantitative estimate of drug-likeness (QED) is 0.753. The predicted molar refractivity (Wildman–Crippen MR) is 67.4 cm³/mol. The van der Waals surface area contributed by atoms with Gasteiger partial charge >= 0.3 is 0 Å². The third kappa shape index (κ3) is 3.99. The van der Waals surface area contributed by atoms with Gasteiger partial charge < -0.3 is 10.8 Å². The molecule has 0 saturated heterocycles. The minimum absolute atomic E-state index is 0.368. The van der Waals surface area contributed by atoms with Gasteiger partial charge in [0.25, 0.3) is 0 Å². The summed E-state index contributed by atoms with van der Waals surface area (Å²) in [5.74, 6) is 0.368. The molecule has 1 unspecified atom stereocenters. The first-order valence-corrected chi connectivity index (χ1v) is 6.12. The Morgan fingerprint density at radius 2 is 2.19 bits per heavy atom. The van der Waals surface area contributed by atoms with Gasteiger partial charge in [0.15, 0.2) is 0 Å². The SMILES string of the molecule is CCCCCCC(O)c1cc(Cl)cnc1N. The first kappa shape index (κ1) is 13.3. The second kappa shape index (κ2) is 6.71. The molecule has 4 heteroatoms. The van der Waals surface area contributed by atoms with Crippen LogP contribution < -0.4 is 5.73 Å². The number of hydrogen-bond acceptors (Lipinski definition) is 3. The van der Waals surface area contributed by atoms with Gasteiger partial charge in [-0.15, -0.1) is 0 Å². The highest BCUT2D eigenvalue weighted by molar-refractivity contribution is 6.30. The van der Waals surface area contributed by atoms with Gasteiger partial charge in [-0.3, -0.25) is 0 Å². The van der Waals surface area contributed by atoms with Crippen molar-refractivity contribution in [2.45, 2.75) is 45.1 Å². The topological polar surface area (TPSA) is 59.1 Å². The lowest BCUT2D eigenvalue weighted by Crippen LogP contribution is -2.04. The molecule has 0 aromatic carbocycles. The van der Waals surface area contributed by atoms with Crippen molar-refractivity contribution in [2.75, 3.05) is 5.73 Å². The van der Waals surface area contributed by atoms with Crippen LogP contribution in [0.15, 0.2) is 12.3 Å². The van der Waals surface area contributed by atoms with Crippen molar-refractivity contribution in [1.29, 1.82) is 0 Å². The van der Waals surface area contributed by atoms with Gasteiger partial charge in [0.2, 0.25) is 0 Å². The summed E-state index contributed by atoms with van der Waals surface area (Å²) in [6, 6.07) is 1.69. The van der Waals surface area contributed by atoms with E-state index in [1.54, 1.807) is 6.07 Å². The van der Waals surface area contributed by atoms with Crippen molar-refractivity contribution in [3.05, 3.63) is 22.8 Å². The van der Waals surface area contributed by atoms with Crippen LogP contribution in [-0.2, 0) is 0 Å². The summed E-state index contributed by atoms with van der Waals surface area (Å²) < 4.78 is 0. The van der Waals surface area contributed by atoms with Gasteiger partial charge in [0.1, 0.15) is 5.82 Å². The second-order valence-corrected chi connectivity index (χ2v) is 4.43. The molecule has 16 heavy (non-hydrogen) atoms. The molecule has 1 aromatic rings. The highest BCUT2D eigenvalue weighted by Crippen LogP contribution is 2.26. The first-order valence-electron chi connectivity index (χ1n) is 5.74. The Morgan fingerprint density at radius 1 is 1.44 bits per heavy atom. The predicted octanol–water partition coefficient (Wildman–Crippen LogP) is 3.32. The van der Waals surface area contributed by atoms with Gasteiger partial charge in [-0.1, -0.05) is 44.2 Å². The van der Waals surface area contributed by atoms with E-state index in [9.17, 15) is 5.11 Å². The molecule has 3 nitrogen and oxygen atoms in total. The first-order chi connectivity index (χ1) is 7.65. The molecule has 0 amide bonds. The zero-order valence-electron chi connectivity index (χ0n) is 9.62. The van der Waals surface area contributed by atoms with Crippen molar-refractivity contribution in [3.8, 4) is 0 Å². The van der Waals surface area contributed by atoms with Crippen LogP contribution in [0.5, 0.6) is 0 Å². The van der Waals surface area contributed by atoms with E-state index in [0.29, 0.717) is 22.8 Å². The molecule has 0 fully saturated rings. The fourth-order valence-corrected chi connectivity index (χ4v) is 1.82. The average Bonchev–Trinajstić information content (AvgIpc) is 2.27. The molecule has 1 aromatic heterocycles. The lowest BCUT2D eigenvalue weighted by molar-refractivity contribution is 0.164. The molecule has 0 aliphatic carbocycles. The van der Waals surface area contributed by atoms with Crippen LogP contribution in [-0.4, -0.2) is 10.1 Å². The largest absolute Gasteiger partial charge is 0.388 e. The standard InChI is InChI=1S/C12H19ClN2O/c1-2-3-4-5-6-11(16)10-7-9(13)8-15-12(10)14/h7-8,11,16H,2-6H2,1H3,(H2,14,15). The van der Waals surface area contributed by atoms with E-state index < -0.39 is 6.10 Å². The number of unbranched alkanes of at least 4 members (excludes halogenated alkanes) is 3. The minimum atomic E-state index is -0.553. The fraction of sp³-hybridized carbons (Fsp3) is 0.583. The molecule has 1 rings (SSSR count). The number of rotatable bonds is 6. The van der Waals surface area contributed by atoms with Gasteiger partial charge in [-0.25, -0.2) is 4.98 Å². The zero-order valence-corrected chi connectivity index (χ0v) is 10.4. The molecule has 0 radical (unpaired) electrons. The van der Waals surface area contributed by atoms with E-state index >= 15 is 0 Å². The molecule has 90 valence electrons. The van der Waals surface area contributed by atoms with Crippen LogP contribution in [0.2, 0.25) is 5.02 Å². The van der Waals surface area contributed by atoms with Crippen LogP contribution in [0.4, 0.5) is 5.82 Å². The molecule has 0 saturated carbocycles. The van der Waals surface area contributed by atoms with E-state index in [1.807, 2.05) is 0 Å². The van der Waals surface area contributed by atoms with Crippen LogP contribution >= 0.6 is 11.6 Å². The Morgan fingerprint density at radius 3 is 2.88 bits per heavy atom. The summed E-state index contributed by atoms with van der Waals surface area (Å²) in [4.78, 5) is 3.93. The van der Waals surface area contributed by atoms with Crippen molar-refractivity contribution >= 4 is 17.4 Å². The molecular formula is C12H19ClN2O. The van der Waals surface area contributed by atoms with Crippen LogP contribution in [0.25, 0.3) is 0 Å². The minimum Gasteiger partial charge on any atom is -0.388 e. The second-order valence-electron chi connectivity index (χ2n) is 3.99. The fourth-order valence-electron chi connectivity index (χ4n) is 1.65. The number of nitrogens with two attached hydrogens (primary N) is 1. The highest BCUT2D eigenvalue weighted by Gasteiger charge is 2.12. The number of halogens is 1. The molecule has 0 aliphatic heterocycles. The van der Waals surface area contributed by atoms with E-state index in [4.69, 9.17) is 17.3 Å². The van der Waals surface area contributed by atoms with Gasteiger partial charge in [0.05, 0.1) is 11.1 Å². The zero-order chi connectivity index (χ0) is 12.0. The molecule has 0 aliphatic rings. The average molecular weight is 243 g/mol. The molecule has 3 N–H and O–H groups in total. The van der Waals surface area contributed by atoms with E-state index in [1.165, 1.54) is 19.0 Å². The van der Waals surface area contributed by atoms with Crippen molar-refractivity contribution < 1.29 is 5.11 Å². The number of nitrogen functional groups attached to an aromatic ring is 1. The van der Waals surface area contributed by atoms with Gasteiger partial charge in [-0.2, -0.15) is 0 Å². The lowest BCUT2D eigenvalue weighted by atomic mass is 10.0. The van der Waals surface area contributed by atoms with Crippen LogP contribution in [0.3, 0.4) is 0 Å². The summed E-state index contributed by atoms with van der Waals surface area (Å²) in [6.45, 7) is 2.16. The number of pyridine rings is 1. The van der Waals surface area contributed by atoms with Crippen LogP contribution in [0.1, 0.15) is 50.7 Å². The Balaban J connectivity index is 2.51. The third-order valence-corrected chi connectivity index (χ3v) is 2.81. The molecule has 1 atom stereocenters. The highest BCUT2D eigenvalue weighted by atomic mass is 35.5. The van der Waals surface area contributed by atoms with E-state index in [0.717, 1.165) is 12.8 Å². The number of aliphatic hydroxyl groups excluding tert-OH is 1. The maximum Gasteiger partial charge on any atom is 0.129 e. The third-order valence-electron chi connectivity index (χ3n) is 2.61. The van der Waals surface area contributed by atoms with E-state index in [-0.39, 0.29) is 0 Å². The number of hydrogen-bond donors (Lipinski definition) is 2. The Bertz CT molecular complexity index is 331. The Hall–Kier alpha value is -0.800. The monoisotopic (exact) mass is 242 g/mol. The molecule has 0 spiro atoms. The maximum atomic E-state index is 9.95. The van der Waals surface area contributed by atoms with Gasteiger partial charge in [-0.05, 0) is 12.5 Å². The van der Waals surface area contributed by atoms with Crippen LogP contribution in [0, 0.1) is 0 Å². The van der Waals surface area contributed by atoms with Crippen molar-refractivity contribution in [1.82, 2.24) is 4.98 Å². The van der Waals surface area contributed by atoms with Crippen molar-refractivity contribution in [2.24, 2.45) is 0 Å². The Labute approximate surface area is 102 Å². The molecule has 0 bridgehead atoms. The summed E-state index contributed by atoms with van der Waals surface area (Å²) in [6.07, 6.45) is 6.19. The number of nitrogens with zero attached hydrogens (tertiary/aromatic N) is 1. The summed E-state index contributed by atoms with van der Waals surface area (Å²) in [5.41, 5.74) is 6.33. The number of aromatic nitrogens is 1. The van der Waals surface area contributed by atoms with E-state index in [2.05, 4.69) is 11.9 Å². The lowest BCUT2D eigenvalue weighted by Gasteiger charge is -2.12. The summed E-state index contributed by atoms with van der Waals surface area (Å²) >= 11 is 5.82. The normalized spacial score (nSPS) is 12.7. The molecular weight excluding hydrogens is 224 g/mol. The van der Waals surface area contributed by atoms with Gasteiger partial charge in [0, 0.05) is 11.8 Å². The number of aliphatic hydroxyl groups is 1. The summed E-state index contributed by atoms with van der Waals surface area (Å²) in [5, 5.41) is 10.5.